The monoisotopic (exact) mass is 688 g/mol. The Bertz CT molecular complexity index is 2840. The molecular weight excluding hydrogens is 653 g/mol. The molecule has 54 heavy (non-hydrogen) atoms. The summed E-state index contributed by atoms with van der Waals surface area (Å²) in [5.74, 6) is 0. The summed E-state index contributed by atoms with van der Waals surface area (Å²) in [5.41, 5.74) is 17.6. The molecule has 1 atom stereocenters. The lowest BCUT2D eigenvalue weighted by Gasteiger charge is -2.32. The molecule has 1 unspecified atom stereocenters. The van der Waals surface area contributed by atoms with Gasteiger partial charge in [-0.05, 0) is 92.4 Å². The van der Waals surface area contributed by atoms with Crippen LogP contribution < -0.4 is 4.90 Å². The zero-order valence-corrected chi connectivity index (χ0v) is 29.7. The van der Waals surface area contributed by atoms with Crippen molar-refractivity contribution in [3.63, 3.8) is 0 Å². The average molecular weight is 689 g/mol. The number of benzene rings is 8. The first kappa shape index (κ1) is 30.7. The molecule has 0 fully saturated rings. The molecule has 1 aromatic heterocycles. The van der Waals surface area contributed by atoms with Crippen molar-refractivity contribution < 1.29 is 0 Å². The predicted molar refractivity (Wildman–Crippen MR) is 227 cm³/mol. The molecule has 9 aromatic rings. The lowest BCUT2D eigenvalue weighted by Crippen LogP contribution is -2.31. The van der Waals surface area contributed by atoms with Gasteiger partial charge in [0, 0.05) is 39.8 Å². The molecule has 8 aromatic carbocycles. The Morgan fingerprint density at radius 1 is 0.407 bits per heavy atom. The molecule has 0 radical (unpaired) electrons. The molecule has 2 aliphatic rings. The molecule has 2 heterocycles. The fourth-order valence-electron chi connectivity index (χ4n) is 9.10. The average Bonchev–Trinajstić information content (AvgIpc) is 3.75. The highest BCUT2D eigenvalue weighted by atomic mass is 15.2. The van der Waals surface area contributed by atoms with Crippen LogP contribution in [0.25, 0.3) is 72.4 Å². The first-order valence-electron chi connectivity index (χ1n) is 18.9. The second-order valence-electron chi connectivity index (χ2n) is 14.5. The van der Waals surface area contributed by atoms with E-state index >= 15 is 0 Å². The third kappa shape index (κ3) is 4.81. The first-order chi connectivity index (χ1) is 26.8. The third-order valence-electron chi connectivity index (χ3n) is 11.5. The van der Waals surface area contributed by atoms with E-state index < -0.39 is 0 Å². The Labute approximate surface area is 315 Å². The normalized spacial score (nSPS) is 14.5. The van der Waals surface area contributed by atoms with Crippen LogP contribution in [-0.4, -0.2) is 10.6 Å². The summed E-state index contributed by atoms with van der Waals surface area (Å²) in [6, 6.07) is 71.1. The molecule has 254 valence electrons. The second kappa shape index (κ2) is 12.4. The van der Waals surface area contributed by atoms with Crippen LogP contribution in [0.3, 0.4) is 0 Å². The lowest BCUT2D eigenvalue weighted by atomic mass is 9.88. The van der Waals surface area contributed by atoms with E-state index in [0.29, 0.717) is 0 Å². The highest BCUT2D eigenvalue weighted by Crippen LogP contribution is 2.52. The maximum atomic E-state index is 2.62. The molecule has 0 bridgehead atoms. The standard InChI is InChI=1S/C52H36N2/c1-4-16-35(17-5-1)38-30-39(36-18-6-2-7-19-36)32-40(31-38)53-48-26-14-12-24-44(48)46-34-52-47(33-51(46)53)45-25-13-15-27-49(45)54(52)50-29-28-41(37-20-8-3-9-21-37)42-22-10-11-23-43(42)50/h1-33,52H,34H2. The van der Waals surface area contributed by atoms with Crippen LogP contribution in [0.4, 0.5) is 11.4 Å². The number of nitrogens with zero attached hydrogens (tertiary/aromatic N) is 2. The van der Waals surface area contributed by atoms with Crippen molar-refractivity contribution in [2.75, 3.05) is 4.90 Å². The summed E-state index contributed by atoms with van der Waals surface area (Å²) < 4.78 is 2.52. The van der Waals surface area contributed by atoms with Gasteiger partial charge in [-0.3, -0.25) is 0 Å². The van der Waals surface area contributed by atoms with Gasteiger partial charge >= 0.3 is 0 Å². The van der Waals surface area contributed by atoms with E-state index in [1.807, 2.05) is 0 Å². The minimum Gasteiger partial charge on any atom is -0.332 e. The second-order valence-corrected chi connectivity index (χ2v) is 14.5. The van der Waals surface area contributed by atoms with Gasteiger partial charge in [-0.1, -0.05) is 158 Å². The Morgan fingerprint density at radius 2 is 0.981 bits per heavy atom. The summed E-state index contributed by atoms with van der Waals surface area (Å²) in [7, 11) is 0. The molecule has 0 saturated carbocycles. The van der Waals surface area contributed by atoms with Crippen molar-refractivity contribution in [2.45, 2.75) is 12.5 Å². The fraction of sp³-hybridized carbons (Fsp3) is 0.0385. The van der Waals surface area contributed by atoms with Gasteiger partial charge in [-0.15, -0.1) is 0 Å². The summed E-state index contributed by atoms with van der Waals surface area (Å²) in [5, 5.41) is 3.86. The number of aromatic nitrogens is 1. The van der Waals surface area contributed by atoms with Gasteiger partial charge in [0.25, 0.3) is 0 Å². The number of hydrogen-bond acceptors (Lipinski definition) is 1. The van der Waals surface area contributed by atoms with Gasteiger partial charge in [0.15, 0.2) is 0 Å². The summed E-state index contributed by atoms with van der Waals surface area (Å²) in [6.45, 7) is 0. The summed E-state index contributed by atoms with van der Waals surface area (Å²) >= 11 is 0. The number of rotatable bonds is 5. The number of anilines is 2. The zero-order valence-electron chi connectivity index (χ0n) is 29.7. The van der Waals surface area contributed by atoms with Crippen LogP contribution in [0.5, 0.6) is 0 Å². The van der Waals surface area contributed by atoms with Crippen molar-refractivity contribution in [3.05, 3.63) is 211 Å². The molecule has 1 aliphatic carbocycles. The molecule has 2 nitrogen and oxygen atoms in total. The number of para-hydroxylation sites is 2. The molecular formula is C52H36N2. The van der Waals surface area contributed by atoms with E-state index in [1.165, 1.54) is 94.5 Å². The van der Waals surface area contributed by atoms with Crippen LogP contribution in [0.15, 0.2) is 194 Å². The van der Waals surface area contributed by atoms with Crippen LogP contribution >= 0.6 is 0 Å². The Kier molecular flexibility index (Phi) is 7.03. The first-order valence-corrected chi connectivity index (χ1v) is 18.9. The van der Waals surface area contributed by atoms with E-state index in [-0.39, 0.29) is 6.04 Å². The third-order valence-corrected chi connectivity index (χ3v) is 11.5. The smallest absolute Gasteiger partial charge is 0.0640 e. The van der Waals surface area contributed by atoms with E-state index in [9.17, 15) is 0 Å². The maximum absolute atomic E-state index is 2.62. The lowest BCUT2D eigenvalue weighted by molar-refractivity contribution is 0.809. The molecule has 2 heteroatoms. The molecule has 11 rings (SSSR count). The van der Waals surface area contributed by atoms with Crippen molar-refractivity contribution >= 4 is 44.7 Å². The highest BCUT2D eigenvalue weighted by molar-refractivity contribution is 6.09. The minimum absolute atomic E-state index is 0.163. The van der Waals surface area contributed by atoms with Gasteiger partial charge in [0.2, 0.25) is 0 Å². The van der Waals surface area contributed by atoms with Gasteiger partial charge in [0.05, 0.1) is 17.3 Å². The van der Waals surface area contributed by atoms with Crippen molar-refractivity contribution in [3.8, 4) is 39.1 Å². The van der Waals surface area contributed by atoms with Gasteiger partial charge in [-0.2, -0.15) is 0 Å². The topological polar surface area (TPSA) is 8.17 Å². The van der Waals surface area contributed by atoms with Crippen LogP contribution in [-0.2, 0) is 6.42 Å². The molecule has 1 aliphatic heterocycles. The summed E-state index contributed by atoms with van der Waals surface area (Å²) in [4.78, 5) is 2.62. The van der Waals surface area contributed by atoms with E-state index in [2.05, 4.69) is 210 Å². The highest BCUT2D eigenvalue weighted by Gasteiger charge is 2.39. The predicted octanol–water partition coefficient (Wildman–Crippen LogP) is 13.4. The number of hydrogen-bond donors (Lipinski definition) is 0. The molecule has 0 N–H and O–H groups in total. The molecule has 0 saturated heterocycles. The van der Waals surface area contributed by atoms with Crippen LogP contribution in [0, 0.1) is 0 Å². The Morgan fingerprint density at radius 3 is 1.69 bits per heavy atom. The Hall–Kier alpha value is -6.90. The largest absolute Gasteiger partial charge is 0.332 e. The van der Waals surface area contributed by atoms with E-state index in [0.717, 1.165) is 6.42 Å². The van der Waals surface area contributed by atoms with Gasteiger partial charge < -0.3 is 9.47 Å². The van der Waals surface area contributed by atoms with E-state index in [1.54, 1.807) is 0 Å². The quantitative estimate of drug-likeness (QED) is 0.175. The van der Waals surface area contributed by atoms with Crippen molar-refractivity contribution in [1.82, 2.24) is 4.57 Å². The SMILES string of the molecule is C1=C2c3ccccc3N(c3ccc(-c4ccccc4)c4ccccc34)C2Cc2c1n(-c1cc(-c3ccccc3)cc(-c3ccccc3)c1)c1ccccc21. The number of fused-ring (bicyclic) bond motifs is 7. The zero-order chi connectivity index (χ0) is 35.6. The fourth-order valence-corrected chi connectivity index (χ4v) is 9.10. The summed E-state index contributed by atoms with van der Waals surface area (Å²) in [6.07, 6.45) is 3.41. The molecule has 0 spiro atoms. The van der Waals surface area contributed by atoms with Crippen molar-refractivity contribution in [2.24, 2.45) is 0 Å². The van der Waals surface area contributed by atoms with Crippen LogP contribution in [0.2, 0.25) is 0 Å². The minimum atomic E-state index is 0.163. The maximum Gasteiger partial charge on any atom is 0.0640 e. The Balaban J connectivity index is 1.12. The van der Waals surface area contributed by atoms with Crippen LogP contribution in [0.1, 0.15) is 16.8 Å². The van der Waals surface area contributed by atoms with Gasteiger partial charge in [-0.25, -0.2) is 0 Å². The van der Waals surface area contributed by atoms with Crippen molar-refractivity contribution in [1.29, 1.82) is 0 Å². The van der Waals surface area contributed by atoms with E-state index in [4.69, 9.17) is 0 Å². The van der Waals surface area contributed by atoms with Gasteiger partial charge in [0.1, 0.15) is 0 Å². The molecule has 0 amide bonds.